The fourth-order valence-electron chi connectivity index (χ4n) is 2.57. The highest BCUT2D eigenvalue weighted by Gasteiger charge is 2.10. The summed E-state index contributed by atoms with van der Waals surface area (Å²) in [5, 5.41) is 7.54. The average molecular weight is 308 g/mol. The second-order valence-corrected chi connectivity index (χ2v) is 5.29. The molecule has 0 spiro atoms. The van der Waals surface area contributed by atoms with Gasteiger partial charge in [-0.25, -0.2) is 0 Å². The molecular weight excluding hydrogens is 288 g/mol. The second kappa shape index (κ2) is 6.57. The summed E-state index contributed by atoms with van der Waals surface area (Å²) in [6.07, 6.45) is 1.01. The van der Waals surface area contributed by atoms with Crippen LogP contribution in [0.1, 0.15) is 12.5 Å². The number of hydrogen-bond donors (Lipinski definition) is 1. The number of rotatable bonds is 5. The predicted molar refractivity (Wildman–Crippen MR) is 91.9 cm³/mol. The number of methoxy groups -OCH3 is 2. The second-order valence-electron chi connectivity index (χ2n) is 5.29. The molecule has 1 N–H and O–H groups in total. The molecule has 0 saturated heterocycles. The zero-order chi connectivity index (χ0) is 16.2. The molecule has 0 bridgehead atoms. The van der Waals surface area contributed by atoms with E-state index in [4.69, 9.17) is 9.47 Å². The summed E-state index contributed by atoms with van der Waals surface area (Å²) in [5.74, 6) is 1.42. The lowest BCUT2D eigenvalue weighted by atomic mass is 10.1. The van der Waals surface area contributed by atoms with E-state index in [1.165, 1.54) is 5.56 Å². The van der Waals surface area contributed by atoms with Crippen LogP contribution in [0.15, 0.2) is 48.5 Å². The molecule has 0 unspecified atom stereocenters. The molecule has 0 radical (unpaired) electrons. The highest BCUT2D eigenvalue weighted by molar-refractivity contribution is 5.70. The number of benzene rings is 2. The van der Waals surface area contributed by atoms with Crippen molar-refractivity contribution < 1.29 is 9.47 Å². The van der Waals surface area contributed by atoms with Crippen LogP contribution in [0.3, 0.4) is 0 Å². The van der Waals surface area contributed by atoms with Crippen LogP contribution < -0.4 is 9.47 Å². The Morgan fingerprint density at radius 1 is 0.913 bits per heavy atom. The van der Waals surface area contributed by atoms with Crippen molar-refractivity contribution >= 4 is 0 Å². The van der Waals surface area contributed by atoms with Crippen molar-refractivity contribution in [2.24, 2.45) is 0 Å². The third-order valence-corrected chi connectivity index (χ3v) is 3.90. The monoisotopic (exact) mass is 308 g/mol. The van der Waals surface area contributed by atoms with Gasteiger partial charge in [0.2, 0.25) is 0 Å². The maximum atomic E-state index is 5.36. The Morgan fingerprint density at radius 2 is 1.74 bits per heavy atom. The Bertz CT molecular complexity index is 809. The molecule has 3 rings (SSSR count). The van der Waals surface area contributed by atoms with Gasteiger partial charge in [-0.1, -0.05) is 25.1 Å². The summed E-state index contributed by atoms with van der Waals surface area (Å²) < 4.78 is 10.6. The average Bonchev–Trinajstić information content (AvgIpc) is 3.11. The van der Waals surface area contributed by atoms with E-state index in [1.807, 2.05) is 18.2 Å². The van der Waals surface area contributed by atoms with Crippen molar-refractivity contribution in [1.82, 2.24) is 10.2 Å². The van der Waals surface area contributed by atoms with E-state index in [-0.39, 0.29) is 0 Å². The van der Waals surface area contributed by atoms with Gasteiger partial charge < -0.3 is 9.47 Å². The minimum absolute atomic E-state index is 0.703. The molecule has 2 aromatic carbocycles. The number of ether oxygens (including phenoxy) is 2. The molecule has 23 heavy (non-hydrogen) atoms. The van der Waals surface area contributed by atoms with E-state index in [1.54, 1.807) is 14.2 Å². The number of H-pyrrole nitrogens is 1. The Morgan fingerprint density at radius 3 is 2.48 bits per heavy atom. The first kappa shape index (κ1) is 15.2. The molecule has 1 aromatic heterocycles. The number of aromatic amines is 1. The normalized spacial score (nSPS) is 10.6. The summed E-state index contributed by atoms with van der Waals surface area (Å²) in [6, 6.07) is 16.3. The quantitative estimate of drug-likeness (QED) is 0.763. The van der Waals surface area contributed by atoms with Gasteiger partial charge in [-0.05, 0) is 42.3 Å². The molecule has 4 heteroatoms. The van der Waals surface area contributed by atoms with Crippen LogP contribution in [0.2, 0.25) is 0 Å². The third kappa shape index (κ3) is 3.06. The molecule has 0 atom stereocenters. The summed E-state index contributed by atoms with van der Waals surface area (Å²) >= 11 is 0. The molecular formula is C19H20N2O2. The lowest BCUT2D eigenvalue weighted by Gasteiger charge is -2.08. The zero-order valence-electron chi connectivity index (χ0n) is 13.6. The van der Waals surface area contributed by atoms with Crippen LogP contribution in [-0.4, -0.2) is 24.4 Å². The molecule has 0 saturated carbocycles. The van der Waals surface area contributed by atoms with Crippen molar-refractivity contribution in [3.63, 3.8) is 0 Å². The van der Waals surface area contributed by atoms with E-state index in [2.05, 4.69) is 47.5 Å². The smallest absolute Gasteiger partial charge is 0.161 e. The first-order valence-electron chi connectivity index (χ1n) is 7.62. The van der Waals surface area contributed by atoms with Crippen LogP contribution in [0, 0.1) is 0 Å². The lowest BCUT2D eigenvalue weighted by molar-refractivity contribution is 0.355. The molecule has 0 amide bonds. The SMILES string of the molecule is CCc1cccc(-c2cc(-c3ccc(OC)c(OC)c3)[nH]n2)c1. The Hall–Kier alpha value is -2.75. The van der Waals surface area contributed by atoms with Gasteiger partial charge in [0, 0.05) is 11.1 Å². The molecule has 4 nitrogen and oxygen atoms in total. The summed E-state index contributed by atoms with van der Waals surface area (Å²) in [5.41, 5.74) is 5.31. The molecule has 1 heterocycles. The van der Waals surface area contributed by atoms with Crippen molar-refractivity contribution in [2.45, 2.75) is 13.3 Å². The van der Waals surface area contributed by atoms with Crippen LogP contribution in [-0.2, 0) is 6.42 Å². The first-order chi connectivity index (χ1) is 11.2. The maximum absolute atomic E-state index is 5.36. The van der Waals surface area contributed by atoms with Crippen LogP contribution in [0.5, 0.6) is 11.5 Å². The van der Waals surface area contributed by atoms with Gasteiger partial charge in [0.25, 0.3) is 0 Å². The molecule has 0 aliphatic rings. The van der Waals surface area contributed by atoms with Crippen molar-refractivity contribution in [3.8, 4) is 34.0 Å². The summed E-state index contributed by atoms with van der Waals surface area (Å²) in [4.78, 5) is 0. The van der Waals surface area contributed by atoms with Gasteiger partial charge in [-0.2, -0.15) is 5.10 Å². The van der Waals surface area contributed by atoms with Gasteiger partial charge in [0.15, 0.2) is 11.5 Å². The Kier molecular flexibility index (Phi) is 4.33. The number of aromatic nitrogens is 2. The summed E-state index contributed by atoms with van der Waals surface area (Å²) in [6.45, 7) is 2.15. The van der Waals surface area contributed by atoms with Crippen molar-refractivity contribution in [1.29, 1.82) is 0 Å². The number of nitrogens with zero attached hydrogens (tertiary/aromatic N) is 1. The predicted octanol–water partition coefficient (Wildman–Crippen LogP) is 4.32. The van der Waals surface area contributed by atoms with Gasteiger partial charge in [0.05, 0.1) is 25.6 Å². The largest absolute Gasteiger partial charge is 0.493 e. The lowest BCUT2D eigenvalue weighted by Crippen LogP contribution is -1.90. The van der Waals surface area contributed by atoms with Gasteiger partial charge >= 0.3 is 0 Å². The van der Waals surface area contributed by atoms with Crippen LogP contribution in [0.4, 0.5) is 0 Å². The molecule has 0 fully saturated rings. The van der Waals surface area contributed by atoms with E-state index < -0.39 is 0 Å². The van der Waals surface area contributed by atoms with Crippen molar-refractivity contribution in [3.05, 3.63) is 54.1 Å². The molecule has 0 aliphatic carbocycles. The topological polar surface area (TPSA) is 47.1 Å². The number of hydrogen-bond acceptors (Lipinski definition) is 3. The highest BCUT2D eigenvalue weighted by atomic mass is 16.5. The van der Waals surface area contributed by atoms with E-state index in [0.29, 0.717) is 11.5 Å². The number of nitrogens with one attached hydrogen (secondary N) is 1. The highest BCUT2D eigenvalue weighted by Crippen LogP contribution is 2.32. The Labute approximate surface area is 136 Å². The Balaban J connectivity index is 1.95. The number of aryl methyl sites for hydroxylation is 1. The van der Waals surface area contributed by atoms with E-state index in [9.17, 15) is 0 Å². The zero-order valence-corrected chi connectivity index (χ0v) is 13.6. The molecule has 118 valence electrons. The maximum Gasteiger partial charge on any atom is 0.161 e. The first-order valence-corrected chi connectivity index (χ1v) is 7.62. The fourth-order valence-corrected chi connectivity index (χ4v) is 2.57. The minimum Gasteiger partial charge on any atom is -0.493 e. The van der Waals surface area contributed by atoms with Crippen LogP contribution >= 0.6 is 0 Å². The van der Waals surface area contributed by atoms with E-state index in [0.717, 1.165) is 28.9 Å². The van der Waals surface area contributed by atoms with Gasteiger partial charge in [0.1, 0.15) is 0 Å². The molecule has 0 aliphatic heterocycles. The van der Waals surface area contributed by atoms with Gasteiger partial charge in [-0.3, -0.25) is 5.10 Å². The molecule has 3 aromatic rings. The van der Waals surface area contributed by atoms with Crippen molar-refractivity contribution in [2.75, 3.05) is 14.2 Å². The summed E-state index contributed by atoms with van der Waals surface area (Å²) in [7, 11) is 3.27. The van der Waals surface area contributed by atoms with Gasteiger partial charge in [-0.15, -0.1) is 0 Å². The van der Waals surface area contributed by atoms with E-state index >= 15 is 0 Å². The minimum atomic E-state index is 0.703. The standard InChI is InChI=1S/C19H20N2O2/c1-4-13-6-5-7-14(10-13)16-12-17(21-20-16)15-8-9-18(22-2)19(11-15)23-3/h5-12H,4H2,1-3H3,(H,20,21). The fraction of sp³-hybridized carbons (Fsp3) is 0.211. The third-order valence-electron chi connectivity index (χ3n) is 3.90. The van der Waals surface area contributed by atoms with Crippen LogP contribution in [0.25, 0.3) is 22.5 Å².